The van der Waals surface area contributed by atoms with E-state index in [2.05, 4.69) is 25.3 Å². The first kappa shape index (κ1) is 21.2. The van der Waals surface area contributed by atoms with E-state index in [1.165, 1.54) is 20.4 Å². The van der Waals surface area contributed by atoms with Crippen LogP contribution >= 0.6 is 0 Å². The maximum absolute atomic E-state index is 13.2. The summed E-state index contributed by atoms with van der Waals surface area (Å²) in [5, 5.41) is 2.45. The first-order valence-corrected chi connectivity index (χ1v) is 11.8. The molecule has 0 spiro atoms. The van der Waals surface area contributed by atoms with E-state index in [-0.39, 0.29) is 12.6 Å². The van der Waals surface area contributed by atoms with Crippen molar-refractivity contribution >= 4 is 38.5 Å². The number of nitrogens with zero attached hydrogens (tertiary/aromatic N) is 5. The van der Waals surface area contributed by atoms with E-state index in [0.717, 1.165) is 4.31 Å². The van der Waals surface area contributed by atoms with Crippen LogP contribution in [0.2, 0.25) is 0 Å². The van der Waals surface area contributed by atoms with E-state index in [0.29, 0.717) is 46.2 Å². The molecular weight excluding hydrogens is 446 g/mol. The Kier molecular flexibility index (Phi) is 4.78. The molecule has 4 heterocycles. The molecule has 0 amide bonds. The van der Waals surface area contributed by atoms with Crippen molar-refractivity contribution in [2.24, 2.45) is 10.7 Å². The number of guanidine groups is 1. The predicted octanol–water partition coefficient (Wildman–Crippen LogP) is 1.73. The number of aromatic nitrogens is 3. The van der Waals surface area contributed by atoms with E-state index >= 15 is 0 Å². The molecule has 1 unspecified atom stereocenters. The second-order valence-electron chi connectivity index (χ2n) is 8.03. The summed E-state index contributed by atoms with van der Waals surface area (Å²) in [6, 6.07) is 7.19. The number of benzene rings is 1. The van der Waals surface area contributed by atoms with E-state index in [9.17, 15) is 8.42 Å². The smallest absolute Gasteiger partial charge is 0.242 e. The molecule has 0 saturated heterocycles. The zero-order valence-electron chi connectivity index (χ0n) is 18.3. The third-order valence-corrected chi connectivity index (χ3v) is 8.47. The maximum atomic E-state index is 13.2. The van der Waals surface area contributed by atoms with Crippen LogP contribution in [0.15, 0.2) is 41.7 Å². The Morgan fingerprint density at radius 3 is 2.91 bits per heavy atom. The first-order valence-electron chi connectivity index (χ1n) is 10.3. The minimum atomic E-state index is -3.71. The van der Waals surface area contributed by atoms with Crippen LogP contribution in [0.4, 0.5) is 11.5 Å². The molecule has 2 aliphatic heterocycles. The molecule has 0 bridgehead atoms. The topological polar surface area (TPSA) is 145 Å². The van der Waals surface area contributed by atoms with Gasteiger partial charge in [-0.05, 0) is 31.2 Å². The lowest BCUT2D eigenvalue weighted by atomic mass is 9.87. The number of anilines is 2. The normalized spacial score (nSPS) is 23.5. The summed E-state index contributed by atoms with van der Waals surface area (Å²) in [7, 11) is -0.763. The van der Waals surface area contributed by atoms with Crippen molar-refractivity contribution in [3.8, 4) is 11.6 Å². The highest BCUT2D eigenvalue weighted by atomic mass is 32.2. The third kappa shape index (κ3) is 3.28. The minimum absolute atomic E-state index is 0.0556. The van der Waals surface area contributed by atoms with Crippen LogP contribution < -0.4 is 20.5 Å². The minimum Gasteiger partial charge on any atom is -0.493 e. The molecule has 2 aliphatic rings. The quantitative estimate of drug-likeness (QED) is 0.586. The molecule has 2 atom stereocenters. The lowest BCUT2D eigenvalue weighted by molar-refractivity contribution is 0.310. The van der Waals surface area contributed by atoms with Gasteiger partial charge in [0.25, 0.3) is 0 Å². The van der Waals surface area contributed by atoms with Gasteiger partial charge >= 0.3 is 0 Å². The van der Waals surface area contributed by atoms with Crippen molar-refractivity contribution in [3.63, 3.8) is 0 Å². The summed E-state index contributed by atoms with van der Waals surface area (Å²) in [6.07, 6.45) is 3.43. The number of hydrogen-bond acceptors (Lipinski definition) is 10. The first-order chi connectivity index (χ1) is 15.7. The van der Waals surface area contributed by atoms with Gasteiger partial charge in [-0.25, -0.2) is 32.7 Å². The molecule has 0 aliphatic carbocycles. The molecule has 0 saturated carbocycles. The molecule has 1 aromatic carbocycles. The van der Waals surface area contributed by atoms with E-state index in [1.807, 2.05) is 12.1 Å². The number of ether oxygens (including phenoxy) is 2. The number of nitrogens with one attached hydrogen (secondary N) is 1. The lowest BCUT2D eigenvalue weighted by Crippen LogP contribution is -2.56. The molecule has 0 fully saturated rings. The van der Waals surface area contributed by atoms with Crippen LogP contribution in [-0.2, 0) is 15.6 Å². The summed E-state index contributed by atoms with van der Waals surface area (Å²) >= 11 is 0. The Hall–Kier alpha value is -3.67. The van der Waals surface area contributed by atoms with Gasteiger partial charge in [0.1, 0.15) is 22.1 Å². The van der Waals surface area contributed by atoms with Crippen molar-refractivity contribution in [2.45, 2.75) is 24.1 Å². The molecule has 33 heavy (non-hydrogen) atoms. The van der Waals surface area contributed by atoms with Crippen molar-refractivity contribution in [1.29, 1.82) is 0 Å². The Morgan fingerprint density at radius 2 is 2.12 bits per heavy atom. The highest BCUT2D eigenvalue weighted by Gasteiger charge is 2.52. The Bertz CT molecular complexity index is 1390. The van der Waals surface area contributed by atoms with Crippen molar-refractivity contribution in [3.05, 3.63) is 42.2 Å². The van der Waals surface area contributed by atoms with Gasteiger partial charge in [-0.2, -0.15) is 0 Å². The Morgan fingerprint density at radius 1 is 1.30 bits per heavy atom. The third-order valence-electron chi connectivity index (χ3n) is 6.11. The number of rotatable bonds is 3. The van der Waals surface area contributed by atoms with Crippen molar-refractivity contribution in [2.75, 3.05) is 26.1 Å². The van der Waals surface area contributed by atoms with Crippen LogP contribution in [0.1, 0.15) is 18.9 Å². The molecule has 5 rings (SSSR count). The maximum Gasteiger partial charge on any atom is 0.242 e. The van der Waals surface area contributed by atoms with Gasteiger partial charge in [-0.1, -0.05) is 0 Å². The van der Waals surface area contributed by atoms with Crippen LogP contribution in [0, 0.1) is 0 Å². The molecule has 0 radical (unpaired) electrons. The zero-order valence-corrected chi connectivity index (χ0v) is 19.1. The van der Waals surface area contributed by atoms with Gasteiger partial charge < -0.3 is 20.5 Å². The number of aliphatic imine (C=N–C) groups is 1. The molecule has 3 aromatic rings. The summed E-state index contributed by atoms with van der Waals surface area (Å²) in [4.78, 5) is 17.8. The van der Waals surface area contributed by atoms with Crippen LogP contribution in [-0.4, -0.2) is 59.6 Å². The second-order valence-corrected chi connectivity index (χ2v) is 10.2. The molecule has 3 N–H and O–H groups in total. The van der Waals surface area contributed by atoms with Gasteiger partial charge in [0.05, 0.1) is 25.4 Å². The van der Waals surface area contributed by atoms with Gasteiger partial charge in [0.15, 0.2) is 5.82 Å². The van der Waals surface area contributed by atoms with Gasteiger partial charge in [-0.3, -0.25) is 0 Å². The van der Waals surface area contributed by atoms with E-state index < -0.39 is 20.8 Å². The number of fused-ring (bicyclic) bond motifs is 4. The summed E-state index contributed by atoms with van der Waals surface area (Å²) in [5.41, 5.74) is 7.38. The van der Waals surface area contributed by atoms with E-state index in [4.69, 9.17) is 15.2 Å². The number of pyridine rings is 1. The van der Waals surface area contributed by atoms with Gasteiger partial charge in [0.2, 0.25) is 21.9 Å². The molecule has 12 heteroatoms. The van der Waals surface area contributed by atoms with Crippen LogP contribution in [0.3, 0.4) is 0 Å². The van der Waals surface area contributed by atoms with Crippen LogP contribution in [0.5, 0.6) is 11.6 Å². The Balaban J connectivity index is 1.60. The lowest BCUT2D eigenvalue weighted by Gasteiger charge is -2.40. The van der Waals surface area contributed by atoms with Crippen molar-refractivity contribution < 1.29 is 17.9 Å². The fourth-order valence-electron chi connectivity index (χ4n) is 4.32. The van der Waals surface area contributed by atoms with E-state index in [1.54, 1.807) is 25.3 Å². The fourth-order valence-corrected chi connectivity index (χ4v) is 6.15. The average Bonchev–Trinajstić information content (AvgIpc) is 2.94. The van der Waals surface area contributed by atoms with Crippen molar-refractivity contribution in [1.82, 2.24) is 19.3 Å². The molecule has 11 nitrogen and oxygen atoms in total. The fraction of sp³-hybridized carbons (Fsp3) is 0.333. The summed E-state index contributed by atoms with van der Waals surface area (Å²) < 4.78 is 38.4. The number of nitrogens with two attached hydrogens (primary N) is 1. The zero-order chi connectivity index (χ0) is 23.4. The summed E-state index contributed by atoms with van der Waals surface area (Å²) in [5.74, 6) is 1.41. The SMILES string of the molecule is COc1cnc2c(Nc3ccc4c(c3)[C@@]3(C)N=C(N)N(C)S(=O)(=O)C3CCO4)nccc2n1. The molecular formula is C21H23N7O4S. The second kappa shape index (κ2) is 7.44. The largest absolute Gasteiger partial charge is 0.493 e. The average molecular weight is 470 g/mol. The predicted molar refractivity (Wildman–Crippen MR) is 123 cm³/mol. The van der Waals surface area contributed by atoms with Crippen LogP contribution in [0.25, 0.3) is 11.0 Å². The summed E-state index contributed by atoms with van der Waals surface area (Å²) in [6.45, 7) is 2.03. The highest BCUT2D eigenvalue weighted by molar-refractivity contribution is 7.90. The molecule has 172 valence electrons. The molecule has 2 aromatic heterocycles. The Labute approximate surface area is 190 Å². The number of methoxy groups -OCH3 is 1. The van der Waals surface area contributed by atoms with Gasteiger partial charge in [-0.15, -0.1) is 0 Å². The highest BCUT2D eigenvalue weighted by Crippen LogP contribution is 2.46. The van der Waals surface area contributed by atoms with Gasteiger partial charge in [0, 0.05) is 30.9 Å². The number of sulfonamides is 1. The standard InChI is InChI=1S/C21H23N7O4S/c1-21-13-10-12(25-19-18-14(6-8-23-19)26-17(31-3)11-24-18)4-5-15(13)32-9-7-16(21)33(29,30)28(2)20(22)27-21/h4-6,8,10-11,16H,7,9H2,1-3H3,(H2,22,27)(H,23,25)/t16?,21-/m1/s1. The number of hydrogen-bond donors (Lipinski definition) is 2. The monoisotopic (exact) mass is 469 g/mol.